The largest absolute Gasteiger partial charge is 0.368 e. The van der Waals surface area contributed by atoms with E-state index in [0.29, 0.717) is 0 Å². The number of anilines is 1. The van der Waals surface area contributed by atoms with Crippen molar-refractivity contribution < 1.29 is 4.39 Å². The molecule has 4 heteroatoms. The Bertz CT molecular complexity index is 418. The van der Waals surface area contributed by atoms with Crippen LogP contribution in [0, 0.1) is 9.39 Å². The summed E-state index contributed by atoms with van der Waals surface area (Å²) in [6.45, 7) is 7.45. The molecular formula is C14H20FIN2. The highest BCUT2D eigenvalue weighted by molar-refractivity contribution is 14.1. The van der Waals surface area contributed by atoms with Crippen LogP contribution >= 0.6 is 22.6 Å². The van der Waals surface area contributed by atoms with E-state index in [1.165, 1.54) is 0 Å². The van der Waals surface area contributed by atoms with E-state index in [2.05, 4.69) is 46.7 Å². The molecule has 18 heavy (non-hydrogen) atoms. The lowest BCUT2D eigenvalue weighted by Gasteiger charge is -2.44. The molecule has 100 valence electrons. The van der Waals surface area contributed by atoms with Gasteiger partial charge < -0.3 is 10.2 Å². The number of nitrogens with zero attached hydrogens (tertiary/aromatic N) is 1. The lowest BCUT2D eigenvalue weighted by Crippen LogP contribution is -2.60. The maximum absolute atomic E-state index is 13.2. The van der Waals surface area contributed by atoms with Gasteiger partial charge in [-0.15, -0.1) is 0 Å². The molecular weight excluding hydrogens is 342 g/mol. The third-order valence-corrected chi connectivity index (χ3v) is 4.84. The summed E-state index contributed by atoms with van der Waals surface area (Å²) in [5.41, 5.74) is 1.36. The van der Waals surface area contributed by atoms with Crippen LogP contribution in [-0.4, -0.2) is 25.2 Å². The van der Waals surface area contributed by atoms with Crippen molar-refractivity contribution in [2.75, 3.05) is 24.5 Å². The van der Waals surface area contributed by atoms with Crippen LogP contribution in [0.25, 0.3) is 0 Å². The fourth-order valence-corrected chi connectivity index (χ4v) is 3.44. The molecule has 0 aromatic heterocycles. The predicted octanol–water partition coefficient (Wildman–Crippen LogP) is 3.40. The van der Waals surface area contributed by atoms with Gasteiger partial charge >= 0.3 is 0 Å². The molecule has 2 nitrogen and oxygen atoms in total. The zero-order chi connectivity index (χ0) is 13.2. The summed E-state index contributed by atoms with van der Waals surface area (Å²) in [4.78, 5) is 2.38. The molecule has 0 saturated carbocycles. The van der Waals surface area contributed by atoms with Crippen LogP contribution in [0.4, 0.5) is 10.1 Å². The van der Waals surface area contributed by atoms with Gasteiger partial charge in [0.25, 0.3) is 0 Å². The Hall–Kier alpha value is -0.360. The second-order valence-electron chi connectivity index (χ2n) is 4.93. The third-order valence-electron chi connectivity index (χ3n) is 3.98. The molecule has 0 unspecified atom stereocenters. The molecule has 1 N–H and O–H groups in total. The van der Waals surface area contributed by atoms with Crippen LogP contribution in [0.5, 0.6) is 0 Å². The van der Waals surface area contributed by atoms with Crippen molar-refractivity contribution in [2.24, 2.45) is 0 Å². The van der Waals surface area contributed by atoms with Crippen LogP contribution in [0.3, 0.4) is 0 Å². The first-order valence-corrected chi connectivity index (χ1v) is 7.63. The normalized spacial score (nSPS) is 19.0. The number of rotatable bonds is 3. The average molecular weight is 362 g/mol. The summed E-state index contributed by atoms with van der Waals surface area (Å²) < 4.78 is 14.2. The van der Waals surface area contributed by atoms with Crippen LogP contribution in [0.15, 0.2) is 18.2 Å². The molecule has 1 fully saturated rings. The van der Waals surface area contributed by atoms with Gasteiger partial charge in [0, 0.05) is 28.7 Å². The topological polar surface area (TPSA) is 15.3 Å². The molecule has 1 aromatic carbocycles. The highest BCUT2D eigenvalue weighted by atomic mass is 127. The number of hydrogen-bond donors (Lipinski definition) is 1. The van der Waals surface area contributed by atoms with Crippen LogP contribution in [0.2, 0.25) is 0 Å². The Morgan fingerprint density at radius 3 is 2.72 bits per heavy atom. The van der Waals surface area contributed by atoms with Crippen LogP contribution < -0.4 is 10.2 Å². The lowest BCUT2D eigenvalue weighted by molar-refractivity contribution is 0.277. The summed E-state index contributed by atoms with van der Waals surface area (Å²) in [5, 5.41) is 3.64. The second kappa shape index (κ2) is 5.74. The molecule has 0 amide bonds. The molecule has 1 heterocycles. The standard InChI is InChI=1S/C14H20FIN2/c1-3-14(4-2)10-18(8-7-17-14)13-6-5-11(15)9-12(13)16/h5-6,9,17H,3-4,7-8,10H2,1-2H3. The van der Waals surface area contributed by atoms with Crippen molar-refractivity contribution in [1.82, 2.24) is 5.32 Å². The SMILES string of the molecule is CCC1(CC)CN(c2ccc(F)cc2I)CCN1. The number of piperazine rings is 1. The Morgan fingerprint density at radius 1 is 1.39 bits per heavy atom. The summed E-state index contributed by atoms with van der Waals surface area (Å²) in [6.07, 6.45) is 2.25. The fraction of sp³-hybridized carbons (Fsp3) is 0.571. The van der Waals surface area contributed by atoms with Crippen molar-refractivity contribution in [3.05, 3.63) is 27.6 Å². The predicted molar refractivity (Wildman–Crippen MR) is 82.6 cm³/mol. The van der Waals surface area contributed by atoms with E-state index < -0.39 is 0 Å². The molecule has 2 rings (SSSR count). The highest BCUT2D eigenvalue weighted by Crippen LogP contribution is 2.28. The van der Waals surface area contributed by atoms with E-state index in [1.54, 1.807) is 12.1 Å². The summed E-state index contributed by atoms with van der Waals surface area (Å²) in [5.74, 6) is -0.157. The number of nitrogens with one attached hydrogen (secondary N) is 1. The van der Waals surface area contributed by atoms with E-state index in [-0.39, 0.29) is 11.4 Å². The van der Waals surface area contributed by atoms with Crippen LogP contribution in [0.1, 0.15) is 26.7 Å². The summed E-state index contributed by atoms with van der Waals surface area (Å²) in [6, 6.07) is 5.06. The first-order valence-electron chi connectivity index (χ1n) is 6.55. The molecule has 1 saturated heterocycles. The fourth-order valence-electron chi connectivity index (χ4n) is 2.62. The Labute approximate surface area is 122 Å². The Kier molecular flexibility index (Phi) is 4.48. The molecule has 0 spiro atoms. The van der Waals surface area contributed by atoms with Crippen molar-refractivity contribution in [2.45, 2.75) is 32.2 Å². The summed E-state index contributed by atoms with van der Waals surface area (Å²) >= 11 is 2.22. The first-order chi connectivity index (χ1) is 8.60. The van der Waals surface area contributed by atoms with Gasteiger partial charge in [0.15, 0.2) is 0 Å². The highest BCUT2D eigenvalue weighted by Gasteiger charge is 2.32. The number of hydrogen-bond acceptors (Lipinski definition) is 2. The first kappa shape index (κ1) is 14.1. The number of halogens is 2. The van der Waals surface area contributed by atoms with Gasteiger partial charge in [0.05, 0.1) is 5.69 Å². The minimum atomic E-state index is -0.157. The van der Waals surface area contributed by atoms with Gasteiger partial charge in [0.1, 0.15) is 5.82 Å². The van der Waals surface area contributed by atoms with Crippen molar-refractivity contribution in [3.63, 3.8) is 0 Å². The van der Waals surface area contributed by atoms with E-state index >= 15 is 0 Å². The van der Waals surface area contributed by atoms with Crippen molar-refractivity contribution in [1.29, 1.82) is 0 Å². The van der Waals surface area contributed by atoms with E-state index in [9.17, 15) is 4.39 Å². The molecule has 0 radical (unpaired) electrons. The average Bonchev–Trinajstić information content (AvgIpc) is 2.38. The van der Waals surface area contributed by atoms with Gasteiger partial charge in [-0.1, -0.05) is 13.8 Å². The minimum Gasteiger partial charge on any atom is -0.368 e. The zero-order valence-corrected chi connectivity index (χ0v) is 13.1. The smallest absolute Gasteiger partial charge is 0.124 e. The van der Waals surface area contributed by atoms with E-state index in [4.69, 9.17) is 0 Å². The van der Waals surface area contributed by atoms with Crippen LogP contribution in [-0.2, 0) is 0 Å². The molecule has 0 aliphatic carbocycles. The lowest BCUT2D eigenvalue weighted by atomic mass is 9.90. The second-order valence-corrected chi connectivity index (χ2v) is 6.09. The zero-order valence-electron chi connectivity index (χ0n) is 11.0. The Morgan fingerprint density at radius 2 is 2.11 bits per heavy atom. The summed E-state index contributed by atoms with van der Waals surface area (Å²) in [7, 11) is 0. The Balaban J connectivity index is 2.23. The molecule has 0 atom stereocenters. The van der Waals surface area contributed by atoms with Gasteiger partial charge in [0.2, 0.25) is 0 Å². The van der Waals surface area contributed by atoms with Gasteiger partial charge in [-0.3, -0.25) is 0 Å². The maximum atomic E-state index is 13.2. The van der Waals surface area contributed by atoms with Gasteiger partial charge in [-0.2, -0.15) is 0 Å². The molecule has 1 aliphatic heterocycles. The van der Waals surface area contributed by atoms with Gasteiger partial charge in [-0.25, -0.2) is 4.39 Å². The number of benzene rings is 1. The molecule has 0 bridgehead atoms. The monoisotopic (exact) mass is 362 g/mol. The molecule has 1 aromatic rings. The molecule has 1 aliphatic rings. The minimum absolute atomic E-state index is 0.157. The maximum Gasteiger partial charge on any atom is 0.124 e. The van der Waals surface area contributed by atoms with E-state index in [0.717, 1.165) is 41.7 Å². The van der Waals surface area contributed by atoms with Gasteiger partial charge in [-0.05, 0) is 53.6 Å². The van der Waals surface area contributed by atoms with E-state index in [1.807, 2.05) is 6.07 Å². The van der Waals surface area contributed by atoms with Crippen molar-refractivity contribution in [3.8, 4) is 0 Å². The third kappa shape index (κ3) is 2.79. The van der Waals surface area contributed by atoms with Crippen molar-refractivity contribution >= 4 is 28.3 Å². The quantitative estimate of drug-likeness (QED) is 0.830.